The van der Waals surface area contributed by atoms with Gasteiger partial charge in [-0.15, -0.1) is 16.2 Å². The number of hydrogen-bond donors (Lipinski definition) is 0. The highest BCUT2D eigenvalue weighted by molar-refractivity contribution is 7.98. The van der Waals surface area contributed by atoms with Gasteiger partial charge in [-0.1, -0.05) is 35.9 Å². The second-order valence-electron chi connectivity index (χ2n) is 11.6. The summed E-state index contributed by atoms with van der Waals surface area (Å²) in [5, 5.41) is 15.3. The predicted molar refractivity (Wildman–Crippen MR) is 166 cm³/mol. The van der Waals surface area contributed by atoms with Crippen LogP contribution in [0.4, 0.5) is 4.39 Å². The quantitative estimate of drug-likeness (QED) is 0.184. The van der Waals surface area contributed by atoms with E-state index in [1.165, 1.54) is 28.5 Å². The Kier molecular flexibility index (Phi) is 6.60. The van der Waals surface area contributed by atoms with Crippen LogP contribution in [0.2, 0.25) is 0 Å². The van der Waals surface area contributed by atoms with Crippen LogP contribution in [0.5, 0.6) is 0 Å². The van der Waals surface area contributed by atoms with Crippen LogP contribution in [0.3, 0.4) is 0 Å². The van der Waals surface area contributed by atoms with E-state index in [2.05, 4.69) is 70.7 Å². The van der Waals surface area contributed by atoms with Crippen molar-refractivity contribution in [1.29, 1.82) is 5.26 Å². The summed E-state index contributed by atoms with van der Waals surface area (Å²) in [4.78, 5) is 24.0. The number of fused-ring (bicyclic) bond motifs is 1. The predicted octanol–water partition coefficient (Wildman–Crippen LogP) is 9.48. The number of rotatable bonds is 6. The molecular formula is C34H26FN3O2S2. The number of aryl methyl sites for hydroxylation is 1. The fourth-order valence-electron chi connectivity index (χ4n) is 6.89. The summed E-state index contributed by atoms with van der Waals surface area (Å²) in [6, 6.07) is 26.0. The first-order valence-corrected chi connectivity index (χ1v) is 15.6. The van der Waals surface area contributed by atoms with Crippen molar-refractivity contribution >= 4 is 40.1 Å². The van der Waals surface area contributed by atoms with Gasteiger partial charge < -0.3 is 0 Å². The number of aromatic nitrogens is 1. The third kappa shape index (κ3) is 4.48. The van der Waals surface area contributed by atoms with Gasteiger partial charge in [-0.2, -0.15) is 5.26 Å². The number of nitrogens with zero attached hydrogens (tertiary/aromatic N) is 3. The van der Waals surface area contributed by atoms with Crippen molar-refractivity contribution in [2.24, 2.45) is 16.5 Å². The minimum absolute atomic E-state index is 0.142. The van der Waals surface area contributed by atoms with Gasteiger partial charge in [-0.25, -0.2) is 4.39 Å². The van der Waals surface area contributed by atoms with Gasteiger partial charge in [0.05, 0.1) is 11.2 Å². The first-order valence-electron chi connectivity index (χ1n) is 13.9. The topological polar surface area (TPSA) is 75.2 Å². The van der Waals surface area contributed by atoms with Crippen LogP contribution >= 0.6 is 23.3 Å². The second-order valence-corrected chi connectivity index (χ2v) is 13.6. The molecule has 42 heavy (non-hydrogen) atoms. The van der Waals surface area contributed by atoms with Gasteiger partial charge in [0, 0.05) is 38.1 Å². The SMILES string of the molecule is Cc1ccc(Sn2c(-c3cccc(C4CC5(CC(C(=O)N=O)C5)C4)c3)c(-c3ccsc3C#N)c3cc(F)ccc32)cc1. The van der Waals surface area contributed by atoms with Crippen molar-refractivity contribution in [3.8, 4) is 28.5 Å². The van der Waals surface area contributed by atoms with Crippen LogP contribution in [-0.4, -0.2) is 9.88 Å². The largest absolute Gasteiger partial charge is 0.289 e. The average Bonchev–Trinajstić information content (AvgIpc) is 3.54. The molecule has 0 atom stereocenters. The summed E-state index contributed by atoms with van der Waals surface area (Å²) in [6.45, 7) is 2.06. The lowest BCUT2D eigenvalue weighted by Crippen LogP contribution is -2.48. The zero-order valence-electron chi connectivity index (χ0n) is 22.8. The van der Waals surface area contributed by atoms with Crippen molar-refractivity contribution in [2.45, 2.75) is 43.4 Å². The summed E-state index contributed by atoms with van der Waals surface area (Å²) < 4.78 is 16.9. The number of hydrogen-bond acceptors (Lipinski definition) is 5. The van der Waals surface area contributed by atoms with E-state index >= 15 is 0 Å². The molecule has 0 bridgehead atoms. The van der Waals surface area contributed by atoms with Crippen molar-refractivity contribution in [1.82, 2.24) is 3.97 Å². The van der Waals surface area contributed by atoms with E-state index in [-0.39, 0.29) is 17.2 Å². The van der Waals surface area contributed by atoms with E-state index in [0.29, 0.717) is 10.8 Å². The van der Waals surface area contributed by atoms with Crippen molar-refractivity contribution in [3.05, 3.63) is 105 Å². The lowest BCUT2D eigenvalue weighted by Gasteiger charge is -2.57. The maximum atomic E-state index is 14.8. The van der Waals surface area contributed by atoms with Gasteiger partial charge in [0.25, 0.3) is 5.91 Å². The summed E-state index contributed by atoms with van der Waals surface area (Å²) >= 11 is 2.97. The monoisotopic (exact) mass is 591 g/mol. The van der Waals surface area contributed by atoms with Gasteiger partial charge in [-0.05, 0) is 109 Å². The smallest absolute Gasteiger partial charge is 0.279 e. The molecule has 2 aliphatic carbocycles. The van der Waals surface area contributed by atoms with Crippen molar-refractivity contribution in [2.75, 3.05) is 0 Å². The molecule has 0 N–H and O–H groups in total. The molecule has 1 spiro atoms. The second kappa shape index (κ2) is 10.3. The van der Waals surface area contributed by atoms with Gasteiger partial charge in [0.2, 0.25) is 0 Å². The maximum absolute atomic E-state index is 14.8. The summed E-state index contributed by atoms with van der Waals surface area (Å²) in [7, 11) is 0. The minimum atomic E-state index is -0.515. The number of halogens is 1. The normalized spacial score (nSPS) is 21.1. The molecule has 208 valence electrons. The molecule has 2 heterocycles. The van der Waals surface area contributed by atoms with Crippen LogP contribution in [0.15, 0.2) is 88.2 Å². The Morgan fingerprint density at radius 1 is 1.07 bits per heavy atom. The molecule has 2 fully saturated rings. The Balaban J connectivity index is 1.35. The third-order valence-corrected chi connectivity index (χ3v) is 10.8. The van der Waals surface area contributed by atoms with E-state index in [1.807, 2.05) is 17.5 Å². The molecule has 2 aliphatic rings. The zero-order valence-corrected chi connectivity index (χ0v) is 24.5. The van der Waals surface area contributed by atoms with Crippen LogP contribution in [0.25, 0.3) is 33.3 Å². The first-order chi connectivity index (χ1) is 20.4. The van der Waals surface area contributed by atoms with E-state index in [0.717, 1.165) is 63.9 Å². The van der Waals surface area contributed by atoms with Crippen LogP contribution < -0.4 is 0 Å². The molecular weight excluding hydrogens is 566 g/mol. The van der Waals surface area contributed by atoms with Gasteiger partial charge in [0.1, 0.15) is 16.8 Å². The molecule has 2 aromatic heterocycles. The minimum Gasteiger partial charge on any atom is -0.279 e. The van der Waals surface area contributed by atoms with E-state index in [9.17, 15) is 19.4 Å². The van der Waals surface area contributed by atoms with Crippen molar-refractivity contribution < 1.29 is 9.18 Å². The average molecular weight is 592 g/mol. The number of nitroso groups, excluding NO2 is 1. The number of benzene rings is 3. The molecule has 7 rings (SSSR count). The highest BCUT2D eigenvalue weighted by atomic mass is 32.2. The lowest BCUT2D eigenvalue weighted by atomic mass is 9.47. The van der Waals surface area contributed by atoms with Gasteiger partial charge >= 0.3 is 0 Å². The summed E-state index contributed by atoms with van der Waals surface area (Å²) in [5.41, 5.74) is 7.00. The number of carbonyl (C=O) groups excluding carboxylic acids is 1. The highest BCUT2D eigenvalue weighted by Crippen LogP contribution is 2.64. The molecule has 0 saturated heterocycles. The number of thiophene rings is 1. The molecule has 0 unspecified atom stereocenters. The Morgan fingerprint density at radius 3 is 2.60 bits per heavy atom. The van der Waals surface area contributed by atoms with Crippen molar-refractivity contribution in [3.63, 3.8) is 0 Å². The fourth-order valence-corrected chi connectivity index (χ4v) is 8.59. The molecule has 0 aliphatic heterocycles. The Bertz CT molecular complexity index is 1900. The number of amides is 1. The maximum Gasteiger partial charge on any atom is 0.289 e. The Labute approximate surface area is 251 Å². The van der Waals surface area contributed by atoms with E-state index in [1.54, 1.807) is 18.0 Å². The van der Waals surface area contributed by atoms with Gasteiger partial charge in [0.15, 0.2) is 0 Å². The van der Waals surface area contributed by atoms with Crippen LogP contribution in [0.1, 0.15) is 47.6 Å². The molecule has 5 nitrogen and oxygen atoms in total. The fraction of sp³-hybridized carbons (Fsp3) is 0.235. The summed E-state index contributed by atoms with van der Waals surface area (Å²) in [5.74, 6) is -0.687. The molecule has 1 amide bonds. The van der Waals surface area contributed by atoms with Crippen LogP contribution in [-0.2, 0) is 4.79 Å². The standard InChI is InChI=1S/C34H26FN3O2S2/c1-20-5-8-26(9-6-20)42-38-29-10-7-25(35)14-28(29)31(27-11-12-41-30(27)19-36)32(38)22-4-2-3-21(13-22)23-15-34(16-23)17-24(18-34)33(39)37-40/h2-14,23-24H,15-18H2,1H3. The zero-order chi connectivity index (χ0) is 29.0. The van der Waals surface area contributed by atoms with E-state index in [4.69, 9.17) is 0 Å². The Hall–Kier alpha value is -4.06. The molecule has 8 heteroatoms. The van der Waals surface area contributed by atoms with E-state index < -0.39 is 5.91 Å². The number of nitriles is 1. The summed E-state index contributed by atoms with van der Waals surface area (Å²) in [6.07, 6.45) is 3.47. The first kappa shape index (κ1) is 26.8. The molecule has 3 aromatic carbocycles. The molecule has 0 radical (unpaired) electrons. The lowest BCUT2D eigenvalue weighted by molar-refractivity contribution is -0.134. The third-order valence-electron chi connectivity index (χ3n) is 8.93. The Morgan fingerprint density at radius 2 is 1.86 bits per heavy atom. The highest BCUT2D eigenvalue weighted by Gasteiger charge is 2.55. The van der Waals surface area contributed by atoms with Gasteiger partial charge in [-0.3, -0.25) is 8.77 Å². The molecule has 2 saturated carbocycles. The molecule has 5 aromatic rings. The van der Waals surface area contributed by atoms with Crippen LogP contribution in [0, 0.1) is 40.3 Å². The number of carbonyl (C=O) groups is 1.